The number of aryl methyl sites for hydroxylation is 2. The molecule has 5 nitrogen and oxygen atoms in total. The molecule has 0 bridgehead atoms. The number of hydrogen-bond donors (Lipinski definition) is 1. The minimum Gasteiger partial charge on any atom is -0.497 e. The van der Waals surface area contributed by atoms with E-state index in [1.807, 2.05) is 13.8 Å². The van der Waals surface area contributed by atoms with Crippen LogP contribution in [0.1, 0.15) is 25.9 Å². The molecule has 6 heteroatoms. The van der Waals surface area contributed by atoms with Crippen molar-refractivity contribution in [3.05, 3.63) is 39.3 Å². The fourth-order valence-corrected chi connectivity index (χ4v) is 2.82. The highest BCUT2D eigenvalue weighted by molar-refractivity contribution is 7.11. The highest BCUT2D eigenvalue weighted by Crippen LogP contribution is 2.23. The molecule has 0 aliphatic heterocycles. The van der Waals surface area contributed by atoms with Gasteiger partial charge >= 0.3 is 0 Å². The maximum atomic E-state index is 12.2. The van der Waals surface area contributed by atoms with Crippen molar-refractivity contribution in [2.45, 2.75) is 20.4 Å². The van der Waals surface area contributed by atoms with Crippen LogP contribution in [0, 0.1) is 13.8 Å². The third-order valence-corrected chi connectivity index (χ3v) is 4.10. The minimum atomic E-state index is -0.169. The topological polar surface area (TPSA) is 60.5 Å². The van der Waals surface area contributed by atoms with Crippen LogP contribution in [0.15, 0.2) is 18.2 Å². The van der Waals surface area contributed by atoms with Crippen molar-refractivity contribution in [1.82, 2.24) is 10.3 Å². The Morgan fingerprint density at radius 1 is 1.19 bits per heavy atom. The summed E-state index contributed by atoms with van der Waals surface area (Å²) in [7, 11) is 3.11. The van der Waals surface area contributed by atoms with Gasteiger partial charge in [-0.1, -0.05) is 0 Å². The molecule has 0 aliphatic carbocycles. The molecule has 0 saturated carbocycles. The van der Waals surface area contributed by atoms with Gasteiger partial charge in [0.15, 0.2) is 0 Å². The number of rotatable bonds is 5. The van der Waals surface area contributed by atoms with Crippen LogP contribution in [0.2, 0.25) is 0 Å². The van der Waals surface area contributed by atoms with Crippen molar-refractivity contribution >= 4 is 17.2 Å². The van der Waals surface area contributed by atoms with Gasteiger partial charge in [0.25, 0.3) is 5.91 Å². The van der Waals surface area contributed by atoms with E-state index in [2.05, 4.69) is 10.3 Å². The second-order valence-corrected chi connectivity index (χ2v) is 5.81. The number of ether oxygens (including phenoxy) is 2. The quantitative estimate of drug-likeness (QED) is 0.922. The highest BCUT2D eigenvalue weighted by Gasteiger charge is 2.11. The molecule has 21 heavy (non-hydrogen) atoms. The molecule has 112 valence electrons. The second-order valence-electron chi connectivity index (χ2n) is 4.53. The number of nitrogens with zero attached hydrogens (tertiary/aromatic N) is 1. The van der Waals surface area contributed by atoms with Crippen LogP contribution < -0.4 is 14.8 Å². The van der Waals surface area contributed by atoms with Gasteiger partial charge in [-0.3, -0.25) is 4.79 Å². The molecule has 2 aromatic rings. The molecule has 0 spiro atoms. The number of carbonyl (C=O) groups is 1. The maximum absolute atomic E-state index is 12.2. The van der Waals surface area contributed by atoms with Crippen LogP contribution in [0.5, 0.6) is 11.5 Å². The van der Waals surface area contributed by atoms with Gasteiger partial charge < -0.3 is 14.8 Å². The van der Waals surface area contributed by atoms with Crippen LogP contribution in [-0.4, -0.2) is 25.1 Å². The van der Waals surface area contributed by atoms with Gasteiger partial charge in [-0.25, -0.2) is 4.98 Å². The Morgan fingerprint density at radius 2 is 1.81 bits per heavy atom. The van der Waals surface area contributed by atoms with E-state index in [0.29, 0.717) is 23.6 Å². The van der Waals surface area contributed by atoms with Crippen LogP contribution in [0.25, 0.3) is 0 Å². The number of thiazole rings is 1. The predicted molar refractivity (Wildman–Crippen MR) is 82.3 cm³/mol. The highest BCUT2D eigenvalue weighted by atomic mass is 32.1. The molecular formula is C15H18N2O3S. The fraction of sp³-hybridized carbons (Fsp3) is 0.333. The number of hydrogen-bond acceptors (Lipinski definition) is 5. The van der Waals surface area contributed by atoms with Gasteiger partial charge in [-0.05, 0) is 26.0 Å². The average Bonchev–Trinajstić information content (AvgIpc) is 2.81. The Hall–Kier alpha value is -2.08. The summed E-state index contributed by atoms with van der Waals surface area (Å²) in [5.74, 6) is 1.01. The zero-order valence-corrected chi connectivity index (χ0v) is 13.3. The van der Waals surface area contributed by atoms with Crippen LogP contribution in [0.3, 0.4) is 0 Å². The van der Waals surface area contributed by atoms with Crippen LogP contribution >= 0.6 is 11.3 Å². The first-order valence-electron chi connectivity index (χ1n) is 6.47. The first-order chi connectivity index (χ1) is 10.0. The third kappa shape index (κ3) is 3.72. The summed E-state index contributed by atoms with van der Waals surface area (Å²) in [6.45, 7) is 4.37. The van der Waals surface area contributed by atoms with Gasteiger partial charge in [0, 0.05) is 16.5 Å². The summed E-state index contributed by atoms with van der Waals surface area (Å²) < 4.78 is 10.3. The number of benzene rings is 1. The van der Waals surface area contributed by atoms with E-state index in [1.54, 1.807) is 43.8 Å². The number of aromatic nitrogens is 1. The van der Waals surface area contributed by atoms with E-state index >= 15 is 0 Å². The molecule has 0 aliphatic rings. The summed E-state index contributed by atoms with van der Waals surface area (Å²) in [5, 5.41) is 3.89. The fourth-order valence-electron chi connectivity index (χ4n) is 1.94. The molecule has 1 amide bonds. The van der Waals surface area contributed by atoms with Crippen molar-refractivity contribution in [3.63, 3.8) is 0 Å². The number of amides is 1. The average molecular weight is 306 g/mol. The largest absolute Gasteiger partial charge is 0.497 e. The van der Waals surface area contributed by atoms with E-state index in [4.69, 9.17) is 9.47 Å². The summed E-state index contributed by atoms with van der Waals surface area (Å²) in [4.78, 5) is 17.6. The molecule has 2 rings (SSSR count). The van der Waals surface area contributed by atoms with Gasteiger partial charge in [0.1, 0.15) is 11.5 Å². The van der Waals surface area contributed by atoms with Crippen molar-refractivity contribution in [2.24, 2.45) is 0 Å². The molecule has 1 N–H and O–H groups in total. The smallest absolute Gasteiger partial charge is 0.251 e. The standard InChI is InChI=1S/C15H18N2O3S/c1-9-14(21-10(2)17-9)8-16-15(18)11-5-12(19-3)7-13(6-11)20-4/h5-7H,8H2,1-4H3,(H,16,18). The van der Waals surface area contributed by atoms with Crippen molar-refractivity contribution < 1.29 is 14.3 Å². The Morgan fingerprint density at radius 3 is 2.29 bits per heavy atom. The Bertz CT molecular complexity index is 630. The lowest BCUT2D eigenvalue weighted by atomic mass is 10.2. The van der Waals surface area contributed by atoms with E-state index in [9.17, 15) is 4.79 Å². The molecule has 0 fully saturated rings. The molecular weight excluding hydrogens is 288 g/mol. The van der Waals surface area contributed by atoms with Gasteiger partial charge in [0.05, 0.1) is 31.5 Å². The number of nitrogens with one attached hydrogen (secondary N) is 1. The Labute approximate surface area is 127 Å². The lowest BCUT2D eigenvalue weighted by Crippen LogP contribution is -2.22. The van der Waals surface area contributed by atoms with Crippen LogP contribution in [0.4, 0.5) is 0 Å². The molecule has 1 aromatic heterocycles. The SMILES string of the molecule is COc1cc(OC)cc(C(=O)NCc2sc(C)nc2C)c1. The Balaban J connectivity index is 2.11. The number of methoxy groups -OCH3 is 2. The molecule has 0 radical (unpaired) electrons. The first-order valence-corrected chi connectivity index (χ1v) is 7.29. The lowest BCUT2D eigenvalue weighted by molar-refractivity contribution is 0.0950. The van der Waals surface area contributed by atoms with Crippen LogP contribution in [-0.2, 0) is 6.54 Å². The minimum absolute atomic E-state index is 0.169. The van der Waals surface area contributed by atoms with E-state index in [-0.39, 0.29) is 5.91 Å². The van der Waals surface area contributed by atoms with Crippen molar-refractivity contribution in [3.8, 4) is 11.5 Å². The molecule has 1 heterocycles. The Kier molecular flexibility index (Phi) is 4.80. The summed E-state index contributed by atoms with van der Waals surface area (Å²) in [5.41, 5.74) is 1.46. The summed E-state index contributed by atoms with van der Waals surface area (Å²) >= 11 is 1.59. The molecule has 0 saturated heterocycles. The second kappa shape index (κ2) is 6.58. The zero-order chi connectivity index (χ0) is 15.4. The van der Waals surface area contributed by atoms with Crippen molar-refractivity contribution in [1.29, 1.82) is 0 Å². The third-order valence-electron chi connectivity index (χ3n) is 3.02. The van der Waals surface area contributed by atoms with Gasteiger partial charge in [0.2, 0.25) is 0 Å². The van der Waals surface area contributed by atoms with E-state index < -0.39 is 0 Å². The van der Waals surface area contributed by atoms with Gasteiger partial charge in [-0.2, -0.15) is 0 Å². The monoisotopic (exact) mass is 306 g/mol. The molecule has 0 unspecified atom stereocenters. The molecule has 1 aromatic carbocycles. The van der Waals surface area contributed by atoms with Gasteiger partial charge in [-0.15, -0.1) is 11.3 Å². The number of carbonyl (C=O) groups excluding carboxylic acids is 1. The summed E-state index contributed by atoms with van der Waals surface area (Å²) in [6.07, 6.45) is 0. The maximum Gasteiger partial charge on any atom is 0.251 e. The zero-order valence-electron chi connectivity index (χ0n) is 12.5. The van der Waals surface area contributed by atoms with E-state index in [1.165, 1.54) is 0 Å². The molecule has 0 atom stereocenters. The van der Waals surface area contributed by atoms with Crippen molar-refractivity contribution in [2.75, 3.05) is 14.2 Å². The first kappa shape index (κ1) is 15.3. The van der Waals surface area contributed by atoms with E-state index in [0.717, 1.165) is 15.6 Å². The normalized spacial score (nSPS) is 10.3. The predicted octanol–water partition coefficient (Wildman–Crippen LogP) is 2.71. The summed E-state index contributed by atoms with van der Waals surface area (Å²) in [6, 6.07) is 5.10. The lowest BCUT2D eigenvalue weighted by Gasteiger charge is -2.09.